The molecule has 1 unspecified atom stereocenters. The van der Waals surface area contributed by atoms with Crippen LogP contribution in [0.25, 0.3) is 22.0 Å². The number of rotatable bonds is 5. The number of methoxy groups -OCH3 is 1. The van der Waals surface area contributed by atoms with Crippen molar-refractivity contribution in [3.63, 3.8) is 0 Å². The van der Waals surface area contributed by atoms with E-state index in [9.17, 15) is 18.0 Å². The molecule has 0 aliphatic carbocycles. The number of alkyl halides is 3. The van der Waals surface area contributed by atoms with Crippen LogP contribution < -0.4 is 9.47 Å². The Labute approximate surface area is 206 Å². The van der Waals surface area contributed by atoms with Crippen molar-refractivity contribution in [3.8, 4) is 22.8 Å². The van der Waals surface area contributed by atoms with Gasteiger partial charge in [0, 0.05) is 55.4 Å². The first-order valence-corrected chi connectivity index (χ1v) is 11.9. The van der Waals surface area contributed by atoms with E-state index in [0.717, 1.165) is 26.0 Å². The summed E-state index contributed by atoms with van der Waals surface area (Å²) >= 11 is 0. The van der Waals surface area contributed by atoms with Gasteiger partial charge in [-0.2, -0.15) is 13.2 Å². The molecule has 2 saturated heterocycles. The summed E-state index contributed by atoms with van der Waals surface area (Å²) in [4.78, 5) is 22.9. The van der Waals surface area contributed by atoms with Crippen LogP contribution in [0.2, 0.25) is 0 Å². The second-order valence-corrected chi connectivity index (χ2v) is 9.02. The minimum Gasteiger partial charge on any atom is -0.488 e. The highest BCUT2D eigenvalue weighted by molar-refractivity contribution is 5.95. The lowest BCUT2D eigenvalue weighted by atomic mass is 9.99. The van der Waals surface area contributed by atoms with Crippen LogP contribution in [-0.4, -0.2) is 60.3 Å². The number of amides is 1. The number of hydrogen-bond acceptors (Lipinski definition) is 6. The molecule has 1 amide bonds. The fraction of sp³-hybridized carbons (Fsp3) is 0.423. The van der Waals surface area contributed by atoms with E-state index in [4.69, 9.17) is 14.2 Å². The van der Waals surface area contributed by atoms with E-state index in [2.05, 4.69) is 9.97 Å². The molecule has 0 spiro atoms. The van der Waals surface area contributed by atoms with Gasteiger partial charge >= 0.3 is 6.18 Å². The molecule has 7 nitrogen and oxygen atoms in total. The molecule has 2 aromatic heterocycles. The third-order valence-electron chi connectivity index (χ3n) is 6.70. The van der Waals surface area contributed by atoms with Crippen molar-refractivity contribution in [2.75, 3.05) is 33.4 Å². The fourth-order valence-electron chi connectivity index (χ4n) is 4.84. The number of halogens is 3. The molecular weight excluding hydrogens is 475 g/mol. The van der Waals surface area contributed by atoms with E-state index in [1.54, 1.807) is 30.5 Å². The average Bonchev–Trinajstić information content (AvgIpc) is 3.36. The van der Waals surface area contributed by atoms with Gasteiger partial charge in [-0.05, 0) is 48.7 Å². The van der Waals surface area contributed by atoms with Gasteiger partial charge < -0.3 is 19.1 Å². The summed E-state index contributed by atoms with van der Waals surface area (Å²) in [5.74, 6) is 0.253. The van der Waals surface area contributed by atoms with Crippen LogP contribution in [0.3, 0.4) is 0 Å². The molecule has 4 heterocycles. The monoisotopic (exact) mass is 501 g/mol. The first kappa shape index (κ1) is 24.3. The molecule has 2 aliphatic heterocycles. The summed E-state index contributed by atoms with van der Waals surface area (Å²) in [5, 5.41) is 0.642. The second-order valence-electron chi connectivity index (χ2n) is 9.02. The lowest BCUT2D eigenvalue weighted by Gasteiger charge is -2.26. The Morgan fingerprint density at radius 3 is 2.67 bits per heavy atom. The molecule has 2 aliphatic rings. The molecule has 10 heteroatoms. The van der Waals surface area contributed by atoms with Crippen LogP contribution >= 0.6 is 0 Å². The van der Waals surface area contributed by atoms with E-state index >= 15 is 0 Å². The number of aromatic nitrogens is 2. The Hall–Kier alpha value is -3.40. The molecule has 0 bridgehead atoms. The van der Waals surface area contributed by atoms with Crippen molar-refractivity contribution in [1.82, 2.24) is 14.9 Å². The van der Waals surface area contributed by atoms with Crippen molar-refractivity contribution in [3.05, 3.63) is 48.3 Å². The number of carbonyl (C=O) groups excluding carboxylic acids is 1. The van der Waals surface area contributed by atoms with Gasteiger partial charge in [-0.15, -0.1) is 0 Å². The summed E-state index contributed by atoms with van der Waals surface area (Å²) in [5.41, 5.74) is 0.516. The molecule has 3 aromatic rings. The smallest absolute Gasteiger partial charge is 0.421 e. The van der Waals surface area contributed by atoms with Gasteiger partial charge in [0.2, 0.25) is 11.8 Å². The summed E-state index contributed by atoms with van der Waals surface area (Å²) in [6, 6.07) is 8.02. The maximum Gasteiger partial charge on any atom is 0.421 e. The zero-order valence-corrected chi connectivity index (χ0v) is 19.8. The van der Waals surface area contributed by atoms with Gasteiger partial charge in [0.15, 0.2) is 0 Å². The van der Waals surface area contributed by atoms with E-state index in [1.165, 1.54) is 6.20 Å². The molecule has 0 saturated carbocycles. The molecule has 0 radical (unpaired) electrons. The lowest BCUT2D eigenvalue weighted by molar-refractivity contribution is -0.139. The van der Waals surface area contributed by atoms with E-state index in [0.29, 0.717) is 60.5 Å². The number of hydrogen-bond donors (Lipinski definition) is 0. The van der Waals surface area contributed by atoms with Crippen LogP contribution in [0.4, 0.5) is 13.2 Å². The zero-order chi connectivity index (χ0) is 25.3. The average molecular weight is 502 g/mol. The van der Waals surface area contributed by atoms with E-state index < -0.39 is 17.6 Å². The Morgan fingerprint density at radius 1 is 1.11 bits per heavy atom. The molecule has 190 valence electrons. The summed E-state index contributed by atoms with van der Waals surface area (Å²) < 4.78 is 57.0. The van der Waals surface area contributed by atoms with Crippen molar-refractivity contribution in [1.29, 1.82) is 0 Å². The molecule has 0 N–H and O–H groups in total. The Morgan fingerprint density at radius 2 is 1.92 bits per heavy atom. The van der Waals surface area contributed by atoms with Crippen molar-refractivity contribution < 1.29 is 32.2 Å². The minimum atomic E-state index is -4.61. The van der Waals surface area contributed by atoms with Crippen molar-refractivity contribution in [2.45, 2.75) is 31.5 Å². The largest absolute Gasteiger partial charge is 0.488 e. The number of pyridine rings is 2. The van der Waals surface area contributed by atoms with Crippen LogP contribution in [-0.2, 0) is 15.7 Å². The lowest BCUT2D eigenvalue weighted by Crippen LogP contribution is -2.38. The number of carbonyl (C=O) groups is 1. The molecule has 2 fully saturated rings. The molecule has 1 atom stereocenters. The first-order valence-electron chi connectivity index (χ1n) is 11.9. The number of nitrogens with zero attached hydrogens (tertiary/aromatic N) is 3. The highest BCUT2D eigenvalue weighted by atomic mass is 19.4. The third-order valence-corrected chi connectivity index (χ3v) is 6.70. The quantitative estimate of drug-likeness (QED) is 0.503. The molecular formula is C26H26F3N3O4. The third kappa shape index (κ3) is 4.95. The predicted molar refractivity (Wildman–Crippen MR) is 126 cm³/mol. The minimum absolute atomic E-state index is 0.00602. The number of ether oxygens (including phenoxy) is 3. The summed E-state index contributed by atoms with van der Waals surface area (Å²) in [6.45, 7) is 2.38. The van der Waals surface area contributed by atoms with Gasteiger partial charge in [-0.1, -0.05) is 0 Å². The Bertz CT molecular complexity index is 1260. The predicted octanol–water partition coefficient (Wildman–Crippen LogP) is 4.73. The molecule has 5 rings (SSSR count). The van der Waals surface area contributed by atoms with Crippen molar-refractivity contribution in [2.24, 2.45) is 5.92 Å². The van der Waals surface area contributed by atoms with Crippen LogP contribution in [0.5, 0.6) is 11.6 Å². The van der Waals surface area contributed by atoms with E-state index in [1.807, 2.05) is 4.90 Å². The normalized spacial score (nSPS) is 19.0. The van der Waals surface area contributed by atoms with Gasteiger partial charge in [-0.3, -0.25) is 9.78 Å². The summed E-state index contributed by atoms with van der Waals surface area (Å²) in [6.07, 6.45) is 0.340. The second kappa shape index (κ2) is 9.93. The topological polar surface area (TPSA) is 73.8 Å². The van der Waals surface area contributed by atoms with Crippen LogP contribution in [0.1, 0.15) is 24.8 Å². The van der Waals surface area contributed by atoms with Gasteiger partial charge in [0.1, 0.15) is 17.4 Å². The Balaban J connectivity index is 1.38. The SMILES string of the molecule is COc1ncc(-c2ccnc3ccc(OC4CCN(C(=O)C5CCOCC5)C4)cc23)cc1C(F)(F)F. The fourth-order valence-corrected chi connectivity index (χ4v) is 4.84. The molecule has 1 aromatic carbocycles. The van der Waals surface area contributed by atoms with Crippen LogP contribution in [0, 0.1) is 5.92 Å². The highest BCUT2D eigenvalue weighted by Crippen LogP contribution is 2.39. The van der Waals surface area contributed by atoms with Crippen LogP contribution in [0.15, 0.2) is 42.7 Å². The summed E-state index contributed by atoms with van der Waals surface area (Å²) in [7, 11) is 1.16. The van der Waals surface area contributed by atoms with Gasteiger partial charge in [0.05, 0.1) is 19.2 Å². The zero-order valence-electron chi connectivity index (χ0n) is 19.8. The Kier molecular flexibility index (Phi) is 6.70. The van der Waals surface area contributed by atoms with E-state index in [-0.39, 0.29) is 17.9 Å². The first-order chi connectivity index (χ1) is 17.3. The van der Waals surface area contributed by atoms with Gasteiger partial charge in [-0.25, -0.2) is 4.98 Å². The molecule has 36 heavy (non-hydrogen) atoms. The highest BCUT2D eigenvalue weighted by Gasteiger charge is 2.36. The van der Waals surface area contributed by atoms with Crippen molar-refractivity contribution >= 4 is 16.8 Å². The number of benzene rings is 1. The number of fused-ring (bicyclic) bond motifs is 1. The number of likely N-dealkylation sites (tertiary alicyclic amines) is 1. The standard InChI is InChI=1S/C26H26F3N3O4/c1-34-24-22(26(27,28)29)12-17(14-31-24)20-4-8-30-23-3-2-18(13-21(20)23)36-19-5-9-32(15-19)25(33)16-6-10-35-11-7-16/h2-4,8,12-14,16,19H,5-7,9-11,15H2,1H3. The maximum absolute atomic E-state index is 13.6. The van der Waals surface area contributed by atoms with Gasteiger partial charge in [0.25, 0.3) is 0 Å². The maximum atomic E-state index is 13.6.